The first-order valence-corrected chi connectivity index (χ1v) is 6.76. The fraction of sp³-hybridized carbons (Fsp3) is 0.500. The van der Waals surface area contributed by atoms with E-state index in [1.165, 1.54) is 11.3 Å². The van der Waals surface area contributed by atoms with E-state index < -0.39 is 5.91 Å². The maximum absolute atomic E-state index is 12.0. The number of ketones is 1. The highest BCUT2D eigenvalue weighted by atomic mass is 32.1. The highest BCUT2D eigenvalue weighted by molar-refractivity contribution is 7.19. The van der Waals surface area contributed by atoms with Gasteiger partial charge in [0.1, 0.15) is 5.00 Å². The predicted octanol–water partition coefficient (Wildman–Crippen LogP) is 1.84. The topological polar surface area (TPSA) is 98.2 Å². The van der Waals surface area contributed by atoms with Crippen molar-refractivity contribution in [2.24, 2.45) is 11.7 Å². The summed E-state index contributed by atoms with van der Waals surface area (Å²) in [5.74, 6) is -0.793. The van der Waals surface area contributed by atoms with Crippen molar-refractivity contribution in [3.05, 3.63) is 10.4 Å². The number of primary amides is 1. The van der Waals surface area contributed by atoms with Crippen molar-refractivity contribution >= 4 is 33.7 Å². The standard InChI is InChI=1S/C12H17N3O2S/c1-5(2)9(16)10-8(13)7(11(14)17)12(18-10)15-6-3-4-6/h5-6,15H,3-4,13H2,1-2H3,(H2,14,17). The molecule has 18 heavy (non-hydrogen) atoms. The molecular formula is C12H17N3O2S. The van der Waals surface area contributed by atoms with Crippen LogP contribution in [0.4, 0.5) is 10.7 Å². The van der Waals surface area contributed by atoms with Gasteiger partial charge in [-0.25, -0.2) is 0 Å². The summed E-state index contributed by atoms with van der Waals surface area (Å²) in [5, 5.41) is 3.84. The van der Waals surface area contributed by atoms with Gasteiger partial charge in [-0.3, -0.25) is 9.59 Å². The van der Waals surface area contributed by atoms with Gasteiger partial charge in [-0.1, -0.05) is 13.8 Å². The lowest BCUT2D eigenvalue weighted by atomic mass is 10.1. The Bertz CT molecular complexity index is 504. The van der Waals surface area contributed by atoms with Crippen LogP contribution in [-0.4, -0.2) is 17.7 Å². The first kappa shape index (κ1) is 12.9. The summed E-state index contributed by atoms with van der Waals surface area (Å²) in [6.45, 7) is 3.61. The van der Waals surface area contributed by atoms with Crippen molar-refractivity contribution in [2.75, 3.05) is 11.1 Å². The smallest absolute Gasteiger partial charge is 0.253 e. The second-order valence-electron chi connectivity index (χ2n) is 4.85. The largest absolute Gasteiger partial charge is 0.397 e. The zero-order chi connectivity index (χ0) is 13.4. The zero-order valence-electron chi connectivity index (χ0n) is 10.4. The minimum Gasteiger partial charge on any atom is -0.397 e. The third kappa shape index (κ3) is 2.33. The summed E-state index contributed by atoms with van der Waals surface area (Å²) in [7, 11) is 0. The Balaban J connectivity index is 2.42. The second kappa shape index (κ2) is 4.61. The molecule has 1 saturated carbocycles. The molecule has 0 spiro atoms. The molecule has 0 aliphatic heterocycles. The Morgan fingerprint density at radius 1 is 1.39 bits per heavy atom. The monoisotopic (exact) mass is 267 g/mol. The number of amides is 1. The normalized spacial score (nSPS) is 14.8. The van der Waals surface area contributed by atoms with Gasteiger partial charge in [0.25, 0.3) is 5.91 Å². The molecule has 1 amide bonds. The van der Waals surface area contributed by atoms with Gasteiger partial charge in [0.05, 0.1) is 16.1 Å². The van der Waals surface area contributed by atoms with Gasteiger partial charge in [0.2, 0.25) is 0 Å². The summed E-state index contributed by atoms with van der Waals surface area (Å²) < 4.78 is 0. The minimum atomic E-state index is -0.588. The summed E-state index contributed by atoms with van der Waals surface area (Å²) >= 11 is 1.23. The van der Waals surface area contributed by atoms with Crippen molar-refractivity contribution in [3.8, 4) is 0 Å². The van der Waals surface area contributed by atoms with Gasteiger partial charge in [-0.05, 0) is 12.8 Å². The number of anilines is 2. The number of thiophene rings is 1. The lowest BCUT2D eigenvalue weighted by molar-refractivity contribution is 0.0944. The molecule has 6 heteroatoms. The number of nitrogen functional groups attached to an aromatic ring is 1. The van der Waals surface area contributed by atoms with Gasteiger partial charge in [-0.15, -0.1) is 11.3 Å². The van der Waals surface area contributed by atoms with Gasteiger partial charge in [0, 0.05) is 12.0 Å². The van der Waals surface area contributed by atoms with Crippen LogP contribution in [0.5, 0.6) is 0 Å². The molecule has 1 aromatic rings. The molecule has 5 N–H and O–H groups in total. The molecule has 0 saturated heterocycles. The summed E-state index contributed by atoms with van der Waals surface area (Å²) in [6, 6.07) is 0.378. The predicted molar refractivity (Wildman–Crippen MR) is 73.1 cm³/mol. The van der Waals surface area contributed by atoms with E-state index in [1.807, 2.05) is 0 Å². The Labute approximate surface area is 110 Å². The fourth-order valence-electron chi connectivity index (χ4n) is 1.65. The molecule has 0 radical (unpaired) electrons. The van der Waals surface area contributed by atoms with Crippen LogP contribution >= 0.6 is 11.3 Å². The van der Waals surface area contributed by atoms with Gasteiger partial charge >= 0.3 is 0 Å². The maximum Gasteiger partial charge on any atom is 0.253 e. The number of nitrogens with two attached hydrogens (primary N) is 2. The number of hydrogen-bond acceptors (Lipinski definition) is 5. The van der Waals surface area contributed by atoms with Crippen LogP contribution in [0.15, 0.2) is 0 Å². The van der Waals surface area contributed by atoms with Crippen molar-refractivity contribution < 1.29 is 9.59 Å². The highest BCUT2D eigenvalue weighted by Crippen LogP contribution is 2.39. The van der Waals surface area contributed by atoms with E-state index in [2.05, 4.69) is 5.32 Å². The summed E-state index contributed by atoms with van der Waals surface area (Å²) in [6.07, 6.45) is 2.15. The minimum absolute atomic E-state index is 0.0520. The Hall–Kier alpha value is -1.56. The van der Waals surface area contributed by atoms with Gasteiger partial charge in [-0.2, -0.15) is 0 Å². The van der Waals surface area contributed by atoms with Gasteiger partial charge < -0.3 is 16.8 Å². The Morgan fingerprint density at radius 3 is 2.44 bits per heavy atom. The van der Waals surface area contributed by atoms with E-state index in [4.69, 9.17) is 11.5 Å². The Kier molecular flexibility index (Phi) is 3.30. The fourth-order valence-corrected chi connectivity index (χ4v) is 2.94. The van der Waals surface area contributed by atoms with E-state index in [0.29, 0.717) is 15.9 Å². The highest BCUT2D eigenvalue weighted by Gasteiger charge is 2.29. The molecule has 1 aliphatic carbocycles. The van der Waals surface area contributed by atoms with E-state index in [1.54, 1.807) is 13.8 Å². The molecule has 2 rings (SSSR count). The zero-order valence-corrected chi connectivity index (χ0v) is 11.3. The molecule has 1 aromatic heterocycles. The van der Waals surface area contributed by atoms with E-state index in [-0.39, 0.29) is 23.0 Å². The summed E-state index contributed by atoms with van der Waals surface area (Å²) in [4.78, 5) is 23.9. The van der Waals surface area contributed by atoms with E-state index in [9.17, 15) is 9.59 Å². The van der Waals surface area contributed by atoms with Gasteiger partial charge in [0.15, 0.2) is 5.78 Å². The SMILES string of the molecule is CC(C)C(=O)c1sc(NC2CC2)c(C(N)=O)c1N. The third-order valence-corrected chi connectivity index (χ3v) is 4.00. The molecule has 1 aliphatic rings. The van der Waals surface area contributed by atoms with Crippen LogP contribution in [0.25, 0.3) is 0 Å². The average molecular weight is 267 g/mol. The van der Waals surface area contributed by atoms with E-state index in [0.717, 1.165) is 12.8 Å². The van der Waals surface area contributed by atoms with Crippen molar-refractivity contribution in [3.63, 3.8) is 0 Å². The van der Waals surface area contributed by atoms with Crippen LogP contribution in [0, 0.1) is 5.92 Å². The molecular weight excluding hydrogens is 250 g/mol. The molecule has 5 nitrogen and oxygen atoms in total. The number of carbonyl (C=O) groups excluding carboxylic acids is 2. The number of carbonyl (C=O) groups is 2. The number of Topliss-reactive ketones (excluding diaryl/α,β-unsaturated/α-hetero) is 1. The number of hydrogen-bond donors (Lipinski definition) is 3. The lowest BCUT2D eigenvalue weighted by Gasteiger charge is -2.03. The molecule has 0 bridgehead atoms. The molecule has 1 heterocycles. The first-order chi connectivity index (χ1) is 8.41. The maximum atomic E-state index is 12.0. The number of nitrogens with one attached hydrogen (secondary N) is 1. The molecule has 0 atom stereocenters. The quantitative estimate of drug-likeness (QED) is 0.709. The first-order valence-electron chi connectivity index (χ1n) is 5.94. The molecule has 1 fully saturated rings. The van der Waals surface area contributed by atoms with Crippen LogP contribution in [0.3, 0.4) is 0 Å². The third-order valence-electron chi connectivity index (χ3n) is 2.85. The van der Waals surface area contributed by atoms with Crippen LogP contribution in [-0.2, 0) is 0 Å². The molecule has 98 valence electrons. The van der Waals surface area contributed by atoms with Crippen LogP contribution < -0.4 is 16.8 Å². The van der Waals surface area contributed by atoms with Crippen molar-refractivity contribution in [1.82, 2.24) is 0 Å². The Morgan fingerprint density at radius 2 is 2.00 bits per heavy atom. The number of rotatable bonds is 5. The lowest BCUT2D eigenvalue weighted by Crippen LogP contribution is -2.16. The van der Waals surface area contributed by atoms with Crippen LogP contribution in [0.1, 0.15) is 46.7 Å². The second-order valence-corrected chi connectivity index (χ2v) is 5.87. The van der Waals surface area contributed by atoms with Crippen LogP contribution in [0.2, 0.25) is 0 Å². The molecule has 0 unspecified atom stereocenters. The van der Waals surface area contributed by atoms with Crippen molar-refractivity contribution in [1.29, 1.82) is 0 Å². The van der Waals surface area contributed by atoms with Crippen molar-refractivity contribution in [2.45, 2.75) is 32.7 Å². The van der Waals surface area contributed by atoms with E-state index >= 15 is 0 Å². The molecule has 0 aromatic carbocycles. The summed E-state index contributed by atoms with van der Waals surface area (Å²) in [5.41, 5.74) is 11.7. The average Bonchev–Trinajstić information content (AvgIpc) is 3.01.